The fourth-order valence-corrected chi connectivity index (χ4v) is 1.22. The van der Waals surface area contributed by atoms with Crippen molar-refractivity contribution in [1.29, 1.82) is 0 Å². The molecule has 0 bridgehead atoms. The van der Waals surface area contributed by atoms with Crippen LogP contribution < -0.4 is 0 Å². The third-order valence-corrected chi connectivity index (χ3v) is 1.93. The molecule has 0 aromatic carbocycles. The first-order valence-electron chi connectivity index (χ1n) is 4.73. The fraction of sp³-hybridized carbons (Fsp3) is 1.00. The van der Waals surface area contributed by atoms with Gasteiger partial charge in [0.15, 0.2) is 0 Å². The summed E-state index contributed by atoms with van der Waals surface area (Å²) in [5, 5.41) is 14.9. The van der Waals surface area contributed by atoms with Crippen LogP contribution in [0.1, 0.15) is 38.5 Å². The minimum Gasteiger partial charge on any atom is -0.167 e. The van der Waals surface area contributed by atoms with E-state index in [4.69, 9.17) is 0 Å². The van der Waals surface area contributed by atoms with Crippen LogP contribution in [0.5, 0.6) is 0 Å². The Balaban J connectivity index is 2.21. The Morgan fingerprint density at radius 1 is 0.500 bits per heavy atom. The van der Waals surface area contributed by atoms with Crippen molar-refractivity contribution in [2.75, 3.05) is 13.1 Å². The number of nitrogens with zero attached hydrogens (tertiary/aromatic N) is 4. The second-order valence-corrected chi connectivity index (χ2v) is 3.03. The molecule has 68 valence electrons. The summed E-state index contributed by atoms with van der Waals surface area (Å²) in [6.07, 6.45) is 7.48. The normalized spacial score (nSPS) is 21.3. The van der Waals surface area contributed by atoms with Crippen molar-refractivity contribution in [1.82, 2.24) is 0 Å². The van der Waals surface area contributed by atoms with E-state index in [2.05, 4.69) is 20.7 Å². The molecule has 0 amide bonds. The van der Waals surface area contributed by atoms with Gasteiger partial charge in [0.2, 0.25) is 0 Å². The number of rotatable bonds is 0. The van der Waals surface area contributed by atoms with Crippen LogP contribution in [0.2, 0.25) is 0 Å². The van der Waals surface area contributed by atoms with Gasteiger partial charge < -0.3 is 0 Å². The molecule has 0 aromatic heterocycles. The summed E-state index contributed by atoms with van der Waals surface area (Å²) in [4.78, 5) is 0. The molecule has 4 nitrogen and oxygen atoms in total. The third kappa shape index (κ3) is 4.93. The molecule has 0 aliphatic carbocycles. The molecule has 1 heterocycles. The van der Waals surface area contributed by atoms with Crippen LogP contribution in [0.25, 0.3) is 0 Å². The van der Waals surface area contributed by atoms with Crippen molar-refractivity contribution < 1.29 is 0 Å². The molecule has 0 fully saturated rings. The van der Waals surface area contributed by atoms with Crippen molar-refractivity contribution >= 4 is 0 Å². The lowest BCUT2D eigenvalue weighted by molar-refractivity contribution is 0.582. The van der Waals surface area contributed by atoms with Gasteiger partial charge in [-0.1, -0.05) is 25.7 Å². The Labute approximate surface area is 73.2 Å². The van der Waals surface area contributed by atoms with Gasteiger partial charge in [0.05, 0.1) is 13.1 Å². The lowest BCUT2D eigenvalue weighted by Crippen LogP contribution is -1.85. The highest BCUT2D eigenvalue weighted by Crippen LogP contribution is 2.06. The monoisotopic (exact) mass is 168 g/mol. The lowest BCUT2D eigenvalue weighted by Gasteiger charge is -1.98. The van der Waals surface area contributed by atoms with E-state index in [9.17, 15) is 0 Å². The molecule has 1 rings (SSSR count). The fourth-order valence-electron chi connectivity index (χ4n) is 1.22. The van der Waals surface area contributed by atoms with Gasteiger partial charge in [-0.05, 0) is 23.3 Å². The molecule has 0 saturated heterocycles. The molecule has 12 heavy (non-hydrogen) atoms. The molecule has 0 unspecified atom stereocenters. The zero-order chi connectivity index (χ0) is 8.49. The average Bonchev–Trinajstić information content (AvgIpc) is 2.05. The summed E-state index contributed by atoms with van der Waals surface area (Å²) in [6.45, 7) is 1.61. The first kappa shape index (κ1) is 9.29. The summed E-state index contributed by atoms with van der Waals surface area (Å²) in [5.74, 6) is 0. The predicted octanol–water partition coefficient (Wildman–Crippen LogP) is 3.16. The van der Waals surface area contributed by atoms with Gasteiger partial charge in [-0.2, -0.15) is 10.2 Å². The molecule has 0 aromatic rings. The molecule has 1 aliphatic rings. The van der Waals surface area contributed by atoms with Crippen molar-refractivity contribution in [3.05, 3.63) is 0 Å². The molecule has 0 radical (unpaired) electrons. The Morgan fingerprint density at radius 3 is 1.42 bits per heavy atom. The standard InChI is InChI=1S/C8H16N4/c1-2-4-6-8-10-12-11-9-7-5-3-1/h1-8H2. The van der Waals surface area contributed by atoms with E-state index >= 15 is 0 Å². The molecule has 0 spiro atoms. The van der Waals surface area contributed by atoms with E-state index in [1.54, 1.807) is 0 Å². The number of hydrogen-bond donors (Lipinski definition) is 0. The second-order valence-electron chi connectivity index (χ2n) is 3.03. The summed E-state index contributed by atoms with van der Waals surface area (Å²) in [5.41, 5.74) is 0. The van der Waals surface area contributed by atoms with Gasteiger partial charge in [0, 0.05) is 0 Å². The molecular formula is C8H16N4. The first-order valence-corrected chi connectivity index (χ1v) is 4.73. The van der Waals surface area contributed by atoms with Gasteiger partial charge in [-0.3, -0.25) is 0 Å². The van der Waals surface area contributed by atoms with Crippen LogP contribution in [-0.2, 0) is 0 Å². The van der Waals surface area contributed by atoms with Gasteiger partial charge in [-0.15, -0.1) is 0 Å². The van der Waals surface area contributed by atoms with Crippen LogP contribution in [-0.4, -0.2) is 13.1 Å². The van der Waals surface area contributed by atoms with Gasteiger partial charge >= 0.3 is 0 Å². The lowest BCUT2D eigenvalue weighted by atomic mass is 10.1. The molecule has 0 N–H and O–H groups in total. The highest BCUT2D eigenvalue weighted by molar-refractivity contribution is 4.49. The largest absolute Gasteiger partial charge is 0.167 e. The van der Waals surface area contributed by atoms with Crippen LogP contribution in [0, 0.1) is 0 Å². The molecule has 4 heteroatoms. The van der Waals surface area contributed by atoms with Crippen molar-refractivity contribution in [2.45, 2.75) is 38.5 Å². The van der Waals surface area contributed by atoms with Crippen molar-refractivity contribution in [2.24, 2.45) is 20.7 Å². The smallest absolute Gasteiger partial charge is 0.0621 e. The molecule has 0 saturated carbocycles. The Morgan fingerprint density at radius 2 is 0.917 bits per heavy atom. The van der Waals surface area contributed by atoms with Crippen molar-refractivity contribution in [3.8, 4) is 0 Å². The first-order chi connectivity index (χ1) is 6.00. The number of hydrogen-bond acceptors (Lipinski definition) is 4. The molecule has 1 aliphatic heterocycles. The zero-order valence-electron chi connectivity index (χ0n) is 7.45. The highest BCUT2D eigenvalue weighted by atomic mass is 15.5. The van der Waals surface area contributed by atoms with Crippen LogP contribution >= 0.6 is 0 Å². The average molecular weight is 168 g/mol. The SMILES string of the molecule is C1CCCCN=NN=NCCC1. The van der Waals surface area contributed by atoms with Crippen LogP contribution in [0.4, 0.5) is 0 Å². The molecular weight excluding hydrogens is 152 g/mol. The highest BCUT2D eigenvalue weighted by Gasteiger charge is 1.91. The second kappa shape index (κ2) is 6.88. The summed E-state index contributed by atoms with van der Waals surface area (Å²) in [6, 6.07) is 0. The van der Waals surface area contributed by atoms with E-state index < -0.39 is 0 Å². The van der Waals surface area contributed by atoms with E-state index in [1.165, 1.54) is 25.7 Å². The van der Waals surface area contributed by atoms with E-state index in [0.29, 0.717) is 0 Å². The summed E-state index contributed by atoms with van der Waals surface area (Å²) >= 11 is 0. The maximum Gasteiger partial charge on any atom is 0.0621 e. The molecule has 0 atom stereocenters. The van der Waals surface area contributed by atoms with E-state index in [-0.39, 0.29) is 0 Å². The Kier molecular flexibility index (Phi) is 5.33. The van der Waals surface area contributed by atoms with Crippen molar-refractivity contribution in [3.63, 3.8) is 0 Å². The zero-order valence-corrected chi connectivity index (χ0v) is 7.45. The summed E-state index contributed by atoms with van der Waals surface area (Å²) in [7, 11) is 0. The maximum atomic E-state index is 3.87. The minimum absolute atomic E-state index is 0.805. The van der Waals surface area contributed by atoms with Gasteiger partial charge in [-0.25, -0.2) is 0 Å². The predicted molar refractivity (Wildman–Crippen MR) is 47.1 cm³/mol. The van der Waals surface area contributed by atoms with E-state index in [0.717, 1.165) is 25.9 Å². The Bertz CT molecular complexity index is 135. The van der Waals surface area contributed by atoms with Gasteiger partial charge in [0.25, 0.3) is 0 Å². The van der Waals surface area contributed by atoms with E-state index in [1.807, 2.05) is 0 Å². The van der Waals surface area contributed by atoms with Gasteiger partial charge in [0.1, 0.15) is 0 Å². The van der Waals surface area contributed by atoms with Crippen LogP contribution in [0.3, 0.4) is 0 Å². The quantitative estimate of drug-likeness (QED) is 0.533. The Hall–Kier alpha value is -0.800. The topological polar surface area (TPSA) is 49.4 Å². The third-order valence-electron chi connectivity index (χ3n) is 1.93. The minimum atomic E-state index is 0.805. The maximum absolute atomic E-state index is 3.87. The summed E-state index contributed by atoms with van der Waals surface area (Å²) < 4.78 is 0. The van der Waals surface area contributed by atoms with Crippen LogP contribution in [0.15, 0.2) is 20.7 Å².